The van der Waals surface area contributed by atoms with Gasteiger partial charge in [-0.2, -0.15) is 0 Å². The Labute approximate surface area is 170 Å². The van der Waals surface area contributed by atoms with Gasteiger partial charge >= 0.3 is 0 Å². The zero-order valence-corrected chi connectivity index (χ0v) is 16.9. The molecule has 2 heterocycles. The maximum Gasteiger partial charge on any atom is 0.257 e. The van der Waals surface area contributed by atoms with Gasteiger partial charge < -0.3 is 15.2 Å². The molecule has 146 valence electrons. The molecule has 0 aliphatic carbocycles. The predicted octanol–water partition coefficient (Wildman–Crippen LogP) is 5.66. The van der Waals surface area contributed by atoms with E-state index in [9.17, 15) is 4.79 Å². The van der Waals surface area contributed by atoms with Gasteiger partial charge in [-0.3, -0.25) is 4.79 Å². The van der Waals surface area contributed by atoms with Gasteiger partial charge in [0, 0.05) is 22.8 Å². The van der Waals surface area contributed by atoms with Crippen molar-refractivity contribution in [2.75, 3.05) is 25.0 Å². The summed E-state index contributed by atoms with van der Waals surface area (Å²) in [5.41, 5.74) is 3.75. The van der Waals surface area contributed by atoms with E-state index in [0.29, 0.717) is 16.5 Å². The number of H-pyrrole nitrogens is 1. The monoisotopic (exact) mass is 395 g/mol. The van der Waals surface area contributed by atoms with Crippen LogP contribution in [0.4, 0.5) is 5.69 Å². The lowest BCUT2D eigenvalue weighted by atomic mass is 9.89. The van der Waals surface area contributed by atoms with Gasteiger partial charge in [0.1, 0.15) is 0 Å². The number of anilines is 1. The highest BCUT2D eigenvalue weighted by molar-refractivity contribution is 6.34. The van der Waals surface area contributed by atoms with Crippen LogP contribution in [0.15, 0.2) is 48.7 Å². The zero-order chi connectivity index (χ0) is 19.5. The van der Waals surface area contributed by atoms with Gasteiger partial charge in [-0.25, -0.2) is 0 Å². The van der Waals surface area contributed by atoms with Gasteiger partial charge in [0.15, 0.2) is 0 Å². The highest BCUT2D eigenvalue weighted by Gasteiger charge is 2.22. The number of carbonyl (C=O) groups is 1. The molecule has 0 spiro atoms. The van der Waals surface area contributed by atoms with Crippen LogP contribution in [-0.4, -0.2) is 35.4 Å². The number of nitrogens with one attached hydrogen (secondary N) is 2. The number of aromatic nitrogens is 1. The number of hydrogen-bond donors (Lipinski definition) is 2. The first-order chi connectivity index (χ1) is 13.7. The van der Waals surface area contributed by atoms with Crippen LogP contribution in [0.1, 0.15) is 48.0 Å². The third kappa shape index (κ3) is 3.94. The van der Waals surface area contributed by atoms with E-state index in [1.54, 1.807) is 12.1 Å². The van der Waals surface area contributed by atoms with Gasteiger partial charge in [0.2, 0.25) is 0 Å². The summed E-state index contributed by atoms with van der Waals surface area (Å²) < 4.78 is 0. The lowest BCUT2D eigenvalue weighted by Crippen LogP contribution is -2.33. The standard InChI is InChI=1S/C23H26ClN3O/c1-2-11-27-12-9-16(10-13-27)20-15-25-22-8-7-17(14-19(20)22)26-23(28)18-5-3-4-6-21(18)24/h3-8,14-16,25H,2,9-13H2,1H3,(H,26,28). The normalized spacial score (nSPS) is 15.8. The predicted molar refractivity (Wildman–Crippen MR) is 116 cm³/mol. The molecule has 2 N–H and O–H groups in total. The fourth-order valence-electron chi connectivity index (χ4n) is 4.19. The largest absolute Gasteiger partial charge is 0.361 e. The number of benzene rings is 2. The van der Waals surface area contributed by atoms with Crippen molar-refractivity contribution in [2.24, 2.45) is 0 Å². The molecule has 1 aromatic heterocycles. The molecule has 0 saturated carbocycles. The average molecular weight is 396 g/mol. The Morgan fingerprint density at radius 2 is 2.00 bits per heavy atom. The van der Waals surface area contributed by atoms with Crippen LogP contribution >= 0.6 is 11.6 Å². The number of likely N-dealkylation sites (tertiary alicyclic amines) is 1. The highest BCUT2D eigenvalue weighted by Crippen LogP contribution is 2.34. The van der Waals surface area contributed by atoms with E-state index in [2.05, 4.69) is 34.4 Å². The van der Waals surface area contributed by atoms with Gasteiger partial charge in [0.05, 0.1) is 10.6 Å². The molecule has 4 nitrogen and oxygen atoms in total. The van der Waals surface area contributed by atoms with Crippen LogP contribution in [0.5, 0.6) is 0 Å². The van der Waals surface area contributed by atoms with Crippen LogP contribution in [0.25, 0.3) is 10.9 Å². The Kier molecular flexibility index (Phi) is 5.69. The summed E-state index contributed by atoms with van der Waals surface area (Å²) in [7, 11) is 0. The quantitative estimate of drug-likeness (QED) is 0.585. The van der Waals surface area contributed by atoms with Gasteiger partial charge in [-0.15, -0.1) is 0 Å². The first kappa shape index (κ1) is 19.0. The van der Waals surface area contributed by atoms with E-state index >= 15 is 0 Å². The average Bonchev–Trinajstić information content (AvgIpc) is 3.12. The number of nitrogens with zero attached hydrogens (tertiary/aromatic N) is 1. The molecule has 28 heavy (non-hydrogen) atoms. The first-order valence-electron chi connectivity index (χ1n) is 10.0. The van der Waals surface area contributed by atoms with E-state index in [1.165, 1.54) is 36.8 Å². The van der Waals surface area contributed by atoms with E-state index < -0.39 is 0 Å². The summed E-state index contributed by atoms with van der Waals surface area (Å²) in [5.74, 6) is 0.381. The van der Waals surface area contributed by atoms with Crippen LogP contribution in [0.3, 0.4) is 0 Å². The molecular formula is C23H26ClN3O. The summed E-state index contributed by atoms with van der Waals surface area (Å²) in [6, 6.07) is 13.2. The number of piperidine rings is 1. The molecule has 0 bridgehead atoms. The Morgan fingerprint density at radius 3 is 2.75 bits per heavy atom. The summed E-state index contributed by atoms with van der Waals surface area (Å²) in [5, 5.41) is 4.65. The van der Waals surface area contributed by atoms with Crippen molar-refractivity contribution < 1.29 is 4.79 Å². The molecule has 0 atom stereocenters. The molecule has 3 aromatic rings. The maximum absolute atomic E-state index is 12.6. The first-order valence-corrected chi connectivity index (χ1v) is 10.4. The number of aromatic amines is 1. The minimum Gasteiger partial charge on any atom is -0.361 e. The number of hydrogen-bond acceptors (Lipinski definition) is 2. The summed E-state index contributed by atoms with van der Waals surface area (Å²) >= 11 is 6.15. The summed E-state index contributed by atoms with van der Waals surface area (Å²) in [4.78, 5) is 18.5. The highest BCUT2D eigenvalue weighted by atomic mass is 35.5. The van der Waals surface area contributed by atoms with E-state index in [1.807, 2.05) is 24.3 Å². The minimum absolute atomic E-state index is 0.185. The number of carbonyl (C=O) groups excluding carboxylic acids is 1. The molecule has 1 fully saturated rings. The summed E-state index contributed by atoms with van der Waals surface area (Å²) in [6.07, 6.45) is 5.73. The maximum atomic E-state index is 12.6. The Morgan fingerprint density at radius 1 is 1.21 bits per heavy atom. The topological polar surface area (TPSA) is 48.1 Å². The fourth-order valence-corrected chi connectivity index (χ4v) is 4.41. The van der Waals surface area contributed by atoms with E-state index in [0.717, 1.165) is 24.3 Å². The number of halogens is 1. The van der Waals surface area contributed by atoms with Crippen LogP contribution < -0.4 is 5.32 Å². The lowest BCUT2D eigenvalue weighted by molar-refractivity contribution is 0.102. The second-order valence-corrected chi connectivity index (χ2v) is 7.96. The molecule has 4 rings (SSSR count). The summed E-state index contributed by atoms with van der Waals surface area (Å²) in [6.45, 7) is 5.76. The van der Waals surface area contributed by atoms with Crippen LogP contribution in [0.2, 0.25) is 5.02 Å². The van der Waals surface area contributed by atoms with Crippen molar-refractivity contribution in [3.05, 3.63) is 64.8 Å². The molecular weight excluding hydrogens is 370 g/mol. The third-order valence-electron chi connectivity index (χ3n) is 5.66. The van der Waals surface area contributed by atoms with Crippen molar-refractivity contribution in [1.82, 2.24) is 9.88 Å². The SMILES string of the molecule is CCCN1CCC(c2c[nH]c3ccc(NC(=O)c4ccccc4Cl)cc23)CC1. The second-order valence-electron chi connectivity index (χ2n) is 7.55. The molecule has 0 unspecified atom stereocenters. The molecule has 5 heteroatoms. The number of amides is 1. The van der Waals surface area contributed by atoms with Crippen molar-refractivity contribution >= 4 is 34.1 Å². The molecule has 1 aliphatic rings. The fraction of sp³-hybridized carbons (Fsp3) is 0.348. The molecule has 1 amide bonds. The Hall–Kier alpha value is -2.30. The van der Waals surface area contributed by atoms with E-state index in [4.69, 9.17) is 11.6 Å². The smallest absolute Gasteiger partial charge is 0.257 e. The van der Waals surface area contributed by atoms with Crippen LogP contribution in [0, 0.1) is 0 Å². The van der Waals surface area contributed by atoms with Gasteiger partial charge in [-0.05, 0) is 80.7 Å². The number of rotatable bonds is 5. The molecule has 2 aromatic carbocycles. The van der Waals surface area contributed by atoms with E-state index in [-0.39, 0.29) is 5.91 Å². The lowest BCUT2D eigenvalue weighted by Gasteiger charge is -2.31. The van der Waals surface area contributed by atoms with Gasteiger partial charge in [-0.1, -0.05) is 30.7 Å². The van der Waals surface area contributed by atoms with Crippen molar-refractivity contribution in [3.8, 4) is 0 Å². The zero-order valence-electron chi connectivity index (χ0n) is 16.2. The minimum atomic E-state index is -0.185. The third-order valence-corrected chi connectivity index (χ3v) is 5.99. The molecule has 1 saturated heterocycles. The second kappa shape index (κ2) is 8.38. The molecule has 1 aliphatic heterocycles. The Balaban J connectivity index is 1.53. The van der Waals surface area contributed by atoms with Crippen LogP contribution in [-0.2, 0) is 0 Å². The van der Waals surface area contributed by atoms with Crippen molar-refractivity contribution in [1.29, 1.82) is 0 Å². The molecule has 0 radical (unpaired) electrons. The van der Waals surface area contributed by atoms with Crippen molar-refractivity contribution in [3.63, 3.8) is 0 Å². The van der Waals surface area contributed by atoms with Gasteiger partial charge in [0.25, 0.3) is 5.91 Å². The number of fused-ring (bicyclic) bond motifs is 1. The van der Waals surface area contributed by atoms with Crippen molar-refractivity contribution in [2.45, 2.75) is 32.1 Å². The Bertz CT molecular complexity index is 973.